The van der Waals surface area contributed by atoms with E-state index in [-0.39, 0.29) is 33.8 Å². The number of benzene rings is 3. The smallest absolute Gasteiger partial charge is 0.300 e. The number of hydrogen-bond donors (Lipinski definition) is 1. The Morgan fingerprint density at radius 3 is 2.18 bits per heavy atom. The molecular weight excluding hydrogens is 510 g/mol. The normalized spacial score (nSPS) is 16.6. The van der Waals surface area contributed by atoms with Crippen molar-refractivity contribution >= 4 is 34.7 Å². The van der Waals surface area contributed by atoms with E-state index in [1.165, 1.54) is 38.4 Å². The Morgan fingerprint density at radius 1 is 0.895 bits per heavy atom. The Hall–Kier alpha value is -4.17. The third-order valence-corrected chi connectivity index (χ3v) is 6.37. The van der Waals surface area contributed by atoms with Crippen LogP contribution in [0.5, 0.6) is 23.0 Å². The van der Waals surface area contributed by atoms with Crippen LogP contribution in [0.25, 0.3) is 5.76 Å². The van der Waals surface area contributed by atoms with E-state index in [1.54, 1.807) is 48.5 Å². The molecule has 0 radical (unpaired) electrons. The van der Waals surface area contributed by atoms with Gasteiger partial charge in [-0.15, -0.1) is 0 Å². The maximum absolute atomic E-state index is 13.5. The van der Waals surface area contributed by atoms with Crippen molar-refractivity contribution in [3.63, 3.8) is 0 Å². The molecule has 0 saturated carbocycles. The molecule has 1 amide bonds. The second kappa shape index (κ2) is 11.1. The van der Waals surface area contributed by atoms with E-state index >= 15 is 0 Å². The van der Waals surface area contributed by atoms with Crippen LogP contribution < -0.4 is 23.8 Å². The van der Waals surface area contributed by atoms with Gasteiger partial charge in [-0.2, -0.15) is 0 Å². The first-order valence-electron chi connectivity index (χ1n) is 11.8. The van der Waals surface area contributed by atoms with Gasteiger partial charge < -0.3 is 24.1 Å². The van der Waals surface area contributed by atoms with Gasteiger partial charge in [0.15, 0.2) is 0 Å². The largest absolute Gasteiger partial charge is 0.507 e. The lowest BCUT2D eigenvalue weighted by Crippen LogP contribution is -2.29. The molecule has 38 heavy (non-hydrogen) atoms. The van der Waals surface area contributed by atoms with Crippen LogP contribution in [0.1, 0.15) is 31.0 Å². The SMILES string of the molecule is COc1cccc(N2C(=O)C(=O)/C(=C(/O)c3cc(OC)c(Cl)cc3OC)C2c2ccc(OC(C)C)cc2)c1. The van der Waals surface area contributed by atoms with Crippen LogP contribution in [0.4, 0.5) is 5.69 Å². The first-order chi connectivity index (χ1) is 18.2. The highest BCUT2D eigenvalue weighted by Gasteiger charge is 2.47. The second-order valence-electron chi connectivity index (χ2n) is 8.79. The van der Waals surface area contributed by atoms with E-state index in [0.29, 0.717) is 22.7 Å². The number of nitrogens with zero attached hydrogens (tertiary/aromatic N) is 1. The minimum Gasteiger partial charge on any atom is -0.507 e. The van der Waals surface area contributed by atoms with Gasteiger partial charge in [0.05, 0.1) is 49.6 Å². The van der Waals surface area contributed by atoms with Crippen LogP contribution in [0.2, 0.25) is 5.02 Å². The number of ketones is 1. The zero-order valence-corrected chi connectivity index (χ0v) is 22.4. The summed E-state index contributed by atoms with van der Waals surface area (Å²) in [4.78, 5) is 28.3. The van der Waals surface area contributed by atoms with E-state index in [1.807, 2.05) is 13.8 Å². The highest BCUT2D eigenvalue weighted by atomic mass is 35.5. The molecule has 1 aliphatic heterocycles. The Balaban J connectivity index is 1.96. The van der Waals surface area contributed by atoms with Crippen molar-refractivity contribution in [3.05, 3.63) is 82.4 Å². The lowest BCUT2D eigenvalue weighted by atomic mass is 9.94. The van der Waals surface area contributed by atoms with Gasteiger partial charge in [0.25, 0.3) is 11.7 Å². The van der Waals surface area contributed by atoms with Crippen LogP contribution in [0, 0.1) is 0 Å². The summed E-state index contributed by atoms with van der Waals surface area (Å²) in [5.41, 5.74) is 1.06. The summed E-state index contributed by atoms with van der Waals surface area (Å²) >= 11 is 6.25. The van der Waals surface area contributed by atoms with Gasteiger partial charge in [-0.25, -0.2) is 0 Å². The van der Waals surface area contributed by atoms with Crippen LogP contribution in [0.15, 0.2) is 66.2 Å². The number of hydrogen-bond acceptors (Lipinski definition) is 7. The van der Waals surface area contributed by atoms with Crippen molar-refractivity contribution in [1.82, 2.24) is 0 Å². The van der Waals surface area contributed by atoms with Gasteiger partial charge in [-0.1, -0.05) is 29.8 Å². The molecular formula is C29H28ClNO7. The van der Waals surface area contributed by atoms with Crippen molar-refractivity contribution in [2.75, 3.05) is 26.2 Å². The number of methoxy groups -OCH3 is 3. The van der Waals surface area contributed by atoms with Crippen molar-refractivity contribution in [3.8, 4) is 23.0 Å². The van der Waals surface area contributed by atoms with Crippen LogP contribution in [0.3, 0.4) is 0 Å². The van der Waals surface area contributed by atoms with Crippen LogP contribution in [-0.4, -0.2) is 44.2 Å². The van der Waals surface area contributed by atoms with Crippen LogP contribution in [-0.2, 0) is 9.59 Å². The summed E-state index contributed by atoms with van der Waals surface area (Å²) in [7, 11) is 4.35. The van der Waals surface area contributed by atoms with Crippen molar-refractivity contribution in [1.29, 1.82) is 0 Å². The molecule has 0 aromatic heterocycles. The maximum atomic E-state index is 13.5. The second-order valence-corrected chi connectivity index (χ2v) is 9.20. The van der Waals surface area contributed by atoms with Crippen molar-refractivity contribution in [2.24, 2.45) is 0 Å². The third kappa shape index (κ3) is 4.99. The minimum atomic E-state index is -0.957. The highest BCUT2D eigenvalue weighted by Crippen LogP contribution is 2.45. The standard InChI is InChI=1S/C29H28ClNO7/c1-16(2)38-19-11-9-17(10-12-19)26-25(27(32)21-14-24(37-5)22(30)15-23(21)36-4)28(33)29(34)31(26)18-7-6-8-20(13-18)35-3/h6-16,26,32H,1-5H3/b27-25+. The molecule has 1 unspecified atom stereocenters. The number of ether oxygens (including phenoxy) is 4. The molecule has 1 heterocycles. The fraction of sp³-hybridized carbons (Fsp3) is 0.241. The van der Waals surface area contributed by atoms with Gasteiger partial charge in [-0.3, -0.25) is 14.5 Å². The molecule has 1 saturated heterocycles. The summed E-state index contributed by atoms with van der Waals surface area (Å²) in [5, 5.41) is 11.8. The summed E-state index contributed by atoms with van der Waals surface area (Å²) in [6.45, 7) is 3.83. The molecule has 9 heteroatoms. The van der Waals surface area contributed by atoms with Crippen molar-refractivity contribution in [2.45, 2.75) is 26.0 Å². The Bertz CT molecular complexity index is 1400. The summed E-state index contributed by atoms with van der Waals surface area (Å²) in [6.07, 6.45) is -0.0318. The fourth-order valence-electron chi connectivity index (χ4n) is 4.37. The summed E-state index contributed by atoms with van der Waals surface area (Å²) in [5.74, 6) is -0.462. The number of aliphatic hydroxyl groups is 1. The number of carbonyl (C=O) groups excluding carboxylic acids is 2. The molecule has 0 bridgehead atoms. The molecule has 1 N–H and O–H groups in total. The van der Waals surface area contributed by atoms with E-state index in [9.17, 15) is 14.7 Å². The molecule has 4 rings (SSSR count). The number of rotatable bonds is 8. The first kappa shape index (κ1) is 26.9. The first-order valence-corrected chi connectivity index (χ1v) is 12.2. The predicted octanol–water partition coefficient (Wildman–Crippen LogP) is 5.78. The Kier molecular flexibility index (Phi) is 7.83. The average Bonchev–Trinajstić information content (AvgIpc) is 3.18. The maximum Gasteiger partial charge on any atom is 0.300 e. The quantitative estimate of drug-likeness (QED) is 0.221. The Labute approximate surface area is 225 Å². The molecule has 8 nitrogen and oxygen atoms in total. The summed E-state index contributed by atoms with van der Waals surface area (Å²) < 4.78 is 21.8. The van der Waals surface area contributed by atoms with E-state index in [2.05, 4.69) is 0 Å². The van der Waals surface area contributed by atoms with E-state index in [4.69, 9.17) is 30.5 Å². The van der Waals surface area contributed by atoms with Crippen LogP contribution >= 0.6 is 11.6 Å². The molecule has 1 fully saturated rings. The number of carbonyl (C=O) groups is 2. The average molecular weight is 538 g/mol. The van der Waals surface area contributed by atoms with Gasteiger partial charge >= 0.3 is 0 Å². The van der Waals surface area contributed by atoms with Crippen molar-refractivity contribution < 1.29 is 33.6 Å². The molecule has 1 aliphatic rings. The number of amides is 1. The van der Waals surface area contributed by atoms with E-state index < -0.39 is 23.5 Å². The molecule has 198 valence electrons. The zero-order chi connectivity index (χ0) is 27.6. The van der Waals surface area contributed by atoms with E-state index in [0.717, 1.165) is 0 Å². The number of halogens is 1. The number of Topliss-reactive ketones (excluding diaryl/α,β-unsaturated/α-hetero) is 1. The Morgan fingerprint density at radius 2 is 1.58 bits per heavy atom. The molecule has 3 aromatic rings. The predicted molar refractivity (Wildman–Crippen MR) is 145 cm³/mol. The third-order valence-electron chi connectivity index (χ3n) is 6.07. The van der Waals surface area contributed by atoms with Gasteiger partial charge in [0.1, 0.15) is 28.8 Å². The van der Waals surface area contributed by atoms with Gasteiger partial charge in [-0.05, 0) is 49.7 Å². The molecule has 1 atom stereocenters. The van der Waals surface area contributed by atoms with Gasteiger partial charge in [0.2, 0.25) is 0 Å². The topological polar surface area (TPSA) is 94.5 Å². The number of anilines is 1. The molecule has 3 aromatic carbocycles. The number of aliphatic hydroxyl groups excluding tert-OH is 1. The highest BCUT2D eigenvalue weighted by molar-refractivity contribution is 6.51. The monoisotopic (exact) mass is 537 g/mol. The zero-order valence-electron chi connectivity index (χ0n) is 21.7. The minimum absolute atomic E-state index is 0.0318. The lowest BCUT2D eigenvalue weighted by Gasteiger charge is -2.26. The lowest BCUT2D eigenvalue weighted by molar-refractivity contribution is -0.132. The molecule has 0 aliphatic carbocycles. The molecule has 0 spiro atoms. The fourth-order valence-corrected chi connectivity index (χ4v) is 4.60. The van der Waals surface area contributed by atoms with Gasteiger partial charge in [0, 0.05) is 17.8 Å². The summed E-state index contributed by atoms with van der Waals surface area (Å²) in [6, 6.07) is 15.8.